The normalized spacial score (nSPS) is 11.5. The van der Waals surface area contributed by atoms with Crippen molar-refractivity contribution in [2.45, 2.75) is 26.4 Å². The van der Waals surface area contributed by atoms with Crippen LogP contribution in [0.3, 0.4) is 0 Å². The predicted molar refractivity (Wildman–Crippen MR) is 136 cm³/mol. The average Bonchev–Trinajstić information content (AvgIpc) is 3.32. The molecule has 7 nitrogen and oxygen atoms in total. The molecule has 2 amide bonds. The number of amides is 2. The summed E-state index contributed by atoms with van der Waals surface area (Å²) < 4.78 is 7.19. The quantitative estimate of drug-likeness (QED) is 0.384. The van der Waals surface area contributed by atoms with E-state index in [4.69, 9.17) is 4.74 Å². The highest BCUT2D eigenvalue weighted by atomic mass is 16.5. The maximum Gasteiger partial charge on any atom is 0.279 e. The summed E-state index contributed by atoms with van der Waals surface area (Å²) in [4.78, 5) is 27.3. The van der Waals surface area contributed by atoms with E-state index in [1.807, 2.05) is 91.9 Å². The van der Waals surface area contributed by atoms with Crippen LogP contribution in [0.5, 0.6) is 5.75 Å². The zero-order chi connectivity index (χ0) is 24.8. The number of benzene rings is 3. The molecule has 178 valence electrons. The second-order valence-corrected chi connectivity index (χ2v) is 8.23. The van der Waals surface area contributed by atoms with E-state index in [2.05, 4.69) is 10.4 Å². The van der Waals surface area contributed by atoms with Gasteiger partial charge in [0.2, 0.25) is 5.91 Å². The van der Waals surface area contributed by atoms with Crippen molar-refractivity contribution in [1.29, 1.82) is 0 Å². The van der Waals surface area contributed by atoms with E-state index < -0.39 is 0 Å². The summed E-state index contributed by atoms with van der Waals surface area (Å²) >= 11 is 0. The van der Waals surface area contributed by atoms with E-state index in [0.717, 1.165) is 16.8 Å². The van der Waals surface area contributed by atoms with Crippen molar-refractivity contribution in [1.82, 2.24) is 14.7 Å². The van der Waals surface area contributed by atoms with Gasteiger partial charge in [0.05, 0.1) is 25.0 Å². The fourth-order valence-corrected chi connectivity index (χ4v) is 3.93. The number of aromatic nitrogens is 2. The molecule has 4 aromatic rings. The molecule has 1 aromatic heterocycles. The molecule has 7 heteroatoms. The highest BCUT2D eigenvalue weighted by Gasteiger charge is 2.28. The van der Waals surface area contributed by atoms with Crippen LogP contribution in [-0.4, -0.2) is 33.6 Å². The summed E-state index contributed by atoms with van der Waals surface area (Å²) in [6, 6.07) is 26.6. The number of anilines is 1. The molecule has 0 aliphatic carbocycles. The van der Waals surface area contributed by atoms with E-state index in [9.17, 15) is 9.59 Å². The number of para-hydroxylation sites is 1. The van der Waals surface area contributed by atoms with Gasteiger partial charge in [-0.1, -0.05) is 60.7 Å². The van der Waals surface area contributed by atoms with Crippen molar-refractivity contribution in [3.8, 4) is 11.4 Å². The van der Waals surface area contributed by atoms with Crippen LogP contribution in [0, 0.1) is 0 Å². The lowest BCUT2D eigenvalue weighted by atomic mass is 10.0. The first-order chi connectivity index (χ1) is 17.0. The fourth-order valence-electron chi connectivity index (χ4n) is 3.93. The van der Waals surface area contributed by atoms with Gasteiger partial charge >= 0.3 is 0 Å². The molecule has 0 aliphatic rings. The molecule has 0 bridgehead atoms. The van der Waals surface area contributed by atoms with E-state index >= 15 is 0 Å². The van der Waals surface area contributed by atoms with Crippen LogP contribution in [0.2, 0.25) is 0 Å². The molecule has 0 fully saturated rings. The van der Waals surface area contributed by atoms with Gasteiger partial charge in [-0.25, -0.2) is 4.68 Å². The van der Waals surface area contributed by atoms with E-state index in [0.29, 0.717) is 18.0 Å². The van der Waals surface area contributed by atoms with Crippen molar-refractivity contribution in [3.05, 3.63) is 108 Å². The van der Waals surface area contributed by atoms with Gasteiger partial charge in [-0.2, -0.15) is 5.10 Å². The molecule has 0 aliphatic heterocycles. The van der Waals surface area contributed by atoms with Crippen LogP contribution >= 0.6 is 0 Å². The summed E-state index contributed by atoms with van der Waals surface area (Å²) in [5.41, 5.74) is 3.63. The number of nitrogens with zero attached hydrogens (tertiary/aromatic N) is 3. The van der Waals surface area contributed by atoms with E-state index in [-0.39, 0.29) is 23.6 Å². The Hall–Kier alpha value is -4.39. The van der Waals surface area contributed by atoms with Crippen LogP contribution in [0.1, 0.15) is 41.5 Å². The van der Waals surface area contributed by atoms with Gasteiger partial charge in [0.25, 0.3) is 5.91 Å². The van der Waals surface area contributed by atoms with Gasteiger partial charge in [-0.05, 0) is 42.3 Å². The van der Waals surface area contributed by atoms with Crippen LogP contribution in [-0.2, 0) is 11.3 Å². The number of hydrogen-bond acceptors (Lipinski definition) is 4. The van der Waals surface area contributed by atoms with Gasteiger partial charge < -0.3 is 15.0 Å². The molecule has 35 heavy (non-hydrogen) atoms. The van der Waals surface area contributed by atoms with Crippen molar-refractivity contribution in [3.63, 3.8) is 0 Å². The van der Waals surface area contributed by atoms with Crippen LogP contribution in [0.25, 0.3) is 5.69 Å². The number of carbonyl (C=O) groups is 2. The van der Waals surface area contributed by atoms with Crippen molar-refractivity contribution >= 4 is 17.5 Å². The molecule has 1 N–H and O–H groups in total. The van der Waals surface area contributed by atoms with Gasteiger partial charge in [0, 0.05) is 19.2 Å². The Morgan fingerprint density at radius 2 is 1.69 bits per heavy atom. The van der Waals surface area contributed by atoms with E-state index in [1.54, 1.807) is 15.8 Å². The van der Waals surface area contributed by atoms with Crippen LogP contribution < -0.4 is 10.1 Å². The summed E-state index contributed by atoms with van der Waals surface area (Å²) in [6.45, 7) is 3.82. The number of hydrogen-bond donors (Lipinski definition) is 1. The molecule has 4 rings (SSSR count). The lowest BCUT2D eigenvalue weighted by Gasteiger charge is -2.30. The number of methoxy groups -OCH3 is 1. The van der Waals surface area contributed by atoms with Crippen LogP contribution in [0.4, 0.5) is 5.69 Å². The van der Waals surface area contributed by atoms with Crippen molar-refractivity contribution in [2.75, 3.05) is 12.4 Å². The third-order valence-corrected chi connectivity index (χ3v) is 5.74. The van der Waals surface area contributed by atoms with Gasteiger partial charge in [0.15, 0.2) is 11.4 Å². The Labute approximate surface area is 205 Å². The fraction of sp³-hybridized carbons (Fsp3) is 0.179. The predicted octanol–water partition coefficient (Wildman–Crippen LogP) is 5.24. The summed E-state index contributed by atoms with van der Waals surface area (Å²) in [5.74, 6) is -0.00265. The Bertz CT molecular complexity index is 1300. The molecule has 1 heterocycles. The number of nitrogens with one attached hydrogen (secondary N) is 1. The smallest absolute Gasteiger partial charge is 0.279 e. The van der Waals surface area contributed by atoms with Gasteiger partial charge in [-0.15, -0.1) is 0 Å². The standard InChI is InChI=1S/C28H28N4O3/c1-20(23-13-10-14-24(17-23)29-21(2)33)31(18-22-11-6-4-7-12-22)28(34)27-26(35-3)19-32(30-27)25-15-8-5-9-16-25/h4-17,19-20H,18H2,1-3H3,(H,29,33). The second-order valence-electron chi connectivity index (χ2n) is 8.23. The maximum absolute atomic E-state index is 14.0. The summed E-state index contributed by atoms with van der Waals surface area (Å²) in [6.07, 6.45) is 1.71. The minimum atomic E-state index is -0.303. The number of carbonyl (C=O) groups excluding carboxylic acids is 2. The van der Waals surface area contributed by atoms with Crippen LogP contribution in [0.15, 0.2) is 91.1 Å². The Morgan fingerprint density at radius 3 is 2.34 bits per heavy atom. The number of ether oxygens (including phenoxy) is 1. The Kier molecular flexibility index (Phi) is 7.26. The first-order valence-corrected chi connectivity index (χ1v) is 11.4. The first kappa shape index (κ1) is 23.8. The average molecular weight is 469 g/mol. The van der Waals surface area contributed by atoms with Crippen molar-refractivity contribution < 1.29 is 14.3 Å². The topological polar surface area (TPSA) is 76.5 Å². The molecule has 0 saturated heterocycles. The van der Waals surface area contributed by atoms with Gasteiger partial charge in [0.1, 0.15) is 0 Å². The minimum absolute atomic E-state index is 0.150. The lowest BCUT2D eigenvalue weighted by Crippen LogP contribution is -2.34. The first-order valence-electron chi connectivity index (χ1n) is 11.4. The minimum Gasteiger partial charge on any atom is -0.493 e. The van der Waals surface area contributed by atoms with Gasteiger partial charge in [-0.3, -0.25) is 9.59 Å². The molecule has 1 unspecified atom stereocenters. The molecular weight excluding hydrogens is 440 g/mol. The summed E-state index contributed by atoms with van der Waals surface area (Å²) in [5, 5.41) is 7.40. The molecule has 1 atom stereocenters. The Balaban J connectivity index is 1.72. The Morgan fingerprint density at radius 1 is 1.00 bits per heavy atom. The molecule has 0 saturated carbocycles. The van der Waals surface area contributed by atoms with E-state index in [1.165, 1.54) is 14.0 Å². The highest BCUT2D eigenvalue weighted by molar-refractivity contribution is 5.95. The molecule has 3 aromatic carbocycles. The highest BCUT2D eigenvalue weighted by Crippen LogP contribution is 2.29. The summed E-state index contributed by atoms with van der Waals surface area (Å²) in [7, 11) is 1.53. The lowest BCUT2D eigenvalue weighted by molar-refractivity contribution is -0.114. The molecule has 0 radical (unpaired) electrons. The third kappa shape index (κ3) is 5.58. The molecule has 0 spiro atoms. The van der Waals surface area contributed by atoms with Crippen molar-refractivity contribution in [2.24, 2.45) is 0 Å². The maximum atomic E-state index is 14.0. The largest absolute Gasteiger partial charge is 0.493 e. The zero-order valence-corrected chi connectivity index (χ0v) is 20.0. The SMILES string of the molecule is COc1cn(-c2ccccc2)nc1C(=O)N(Cc1ccccc1)C(C)c1cccc(NC(C)=O)c1. The molecular formula is C28H28N4O3. The zero-order valence-electron chi connectivity index (χ0n) is 20.0. The number of rotatable bonds is 8. The monoisotopic (exact) mass is 468 g/mol. The third-order valence-electron chi connectivity index (χ3n) is 5.74. The second kappa shape index (κ2) is 10.7.